The van der Waals surface area contributed by atoms with E-state index in [9.17, 15) is 0 Å². The summed E-state index contributed by atoms with van der Waals surface area (Å²) >= 11 is 0. The average Bonchev–Trinajstić information content (AvgIpc) is 1.83. The standard InChI is InChI=1S/C8H18Si/c1-6-4-3-5-7(2)8(6)9/h6-8H,3-5H2,1-2,9H3/t6-,7+,8+. The van der Waals surface area contributed by atoms with Gasteiger partial charge < -0.3 is 0 Å². The van der Waals surface area contributed by atoms with Gasteiger partial charge in [-0.3, -0.25) is 0 Å². The molecule has 0 bridgehead atoms. The Morgan fingerprint density at radius 3 is 1.89 bits per heavy atom. The minimum absolute atomic E-state index is 1.04. The molecule has 0 aromatic heterocycles. The van der Waals surface area contributed by atoms with Gasteiger partial charge in [-0.05, 0) is 17.4 Å². The van der Waals surface area contributed by atoms with Gasteiger partial charge in [0.15, 0.2) is 0 Å². The predicted octanol–water partition coefficient (Wildman–Crippen LogP) is 1.60. The second-order valence-electron chi connectivity index (χ2n) is 3.74. The van der Waals surface area contributed by atoms with E-state index in [1.54, 1.807) is 0 Å². The van der Waals surface area contributed by atoms with Crippen LogP contribution in [0.25, 0.3) is 0 Å². The molecule has 0 unspecified atom stereocenters. The molecular weight excluding hydrogens is 124 g/mol. The molecule has 1 aliphatic rings. The molecular formula is C8H18Si. The van der Waals surface area contributed by atoms with E-state index in [1.165, 1.54) is 29.5 Å². The van der Waals surface area contributed by atoms with Crippen molar-refractivity contribution in [2.24, 2.45) is 11.8 Å². The Kier molecular flexibility index (Phi) is 2.33. The fraction of sp³-hybridized carbons (Fsp3) is 1.00. The Bertz CT molecular complexity index is 80.6. The van der Waals surface area contributed by atoms with Crippen molar-refractivity contribution >= 4 is 10.2 Å². The molecule has 0 aromatic carbocycles. The van der Waals surface area contributed by atoms with Crippen molar-refractivity contribution in [3.05, 3.63) is 0 Å². The largest absolute Gasteiger partial charge is 0.0625 e. The molecule has 0 nitrogen and oxygen atoms in total. The summed E-state index contributed by atoms with van der Waals surface area (Å²) in [6.07, 6.45) is 4.48. The van der Waals surface area contributed by atoms with E-state index in [1.807, 2.05) is 0 Å². The molecule has 0 radical (unpaired) electrons. The smallest absolute Gasteiger partial charge is 0.00740 e. The van der Waals surface area contributed by atoms with Crippen molar-refractivity contribution in [3.63, 3.8) is 0 Å². The lowest BCUT2D eigenvalue weighted by Gasteiger charge is -2.31. The van der Waals surface area contributed by atoms with Crippen LogP contribution < -0.4 is 0 Å². The van der Waals surface area contributed by atoms with Crippen LogP contribution in [0.2, 0.25) is 5.54 Å². The molecule has 0 N–H and O–H groups in total. The van der Waals surface area contributed by atoms with Gasteiger partial charge in [-0.15, -0.1) is 0 Å². The van der Waals surface area contributed by atoms with Gasteiger partial charge in [0, 0.05) is 10.2 Å². The molecule has 1 heteroatoms. The van der Waals surface area contributed by atoms with Crippen molar-refractivity contribution in [1.29, 1.82) is 0 Å². The Balaban J connectivity index is 2.41. The molecule has 3 atom stereocenters. The fourth-order valence-corrected chi connectivity index (χ4v) is 2.52. The summed E-state index contributed by atoms with van der Waals surface area (Å²) in [7, 11) is 1.42. The zero-order valence-corrected chi connectivity index (χ0v) is 8.85. The molecule has 54 valence electrons. The Morgan fingerprint density at radius 2 is 1.56 bits per heavy atom. The summed E-state index contributed by atoms with van der Waals surface area (Å²) in [5.74, 6) is 2.08. The molecule has 0 aliphatic heterocycles. The highest BCUT2D eigenvalue weighted by Crippen LogP contribution is 2.36. The molecule has 1 aliphatic carbocycles. The van der Waals surface area contributed by atoms with Gasteiger partial charge in [0.2, 0.25) is 0 Å². The van der Waals surface area contributed by atoms with Crippen molar-refractivity contribution in [2.75, 3.05) is 0 Å². The van der Waals surface area contributed by atoms with E-state index in [4.69, 9.17) is 0 Å². The maximum absolute atomic E-state index is 2.42. The number of rotatable bonds is 0. The van der Waals surface area contributed by atoms with Crippen LogP contribution in [0.3, 0.4) is 0 Å². The molecule has 0 aromatic rings. The molecule has 0 saturated heterocycles. The molecule has 0 heterocycles. The average molecular weight is 142 g/mol. The van der Waals surface area contributed by atoms with Gasteiger partial charge in [-0.25, -0.2) is 0 Å². The van der Waals surface area contributed by atoms with Crippen molar-refractivity contribution in [1.82, 2.24) is 0 Å². The van der Waals surface area contributed by atoms with Gasteiger partial charge in [-0.1, -0.05) is 33.1 Å². The summed E-state index contributed by atoms with van der Waals surface area (Å²) < 4.78 is 0. The van der Waals surface area contributed by atoms with Crippen LogP contribution in [0.15, 0.2) is 0 Å². The maximum Gasteiger partial charge on any atom is 0.00740 e. The van der Waals surface area contributed by atoms with Crippen molar-refractivity contribution in [2.45, 2.75) is 38.7 Å². The SMILES string of the molecule is C[C@@H]1CCC[C@H](C)[C@H]1[SiH3]. The summed E-state index contributed by atoms with van der Waals surface area (Å²) in [4.78, 5) is 0. The monoisotopic (exact) mass is 142 g/mol. The lowest BCUT2D eigenvalue weighted by atomic mass is 9.83. The zero-order chi connectivity index (χ0) is 6.85. The Labute approximate surface area is 61.5 Å². The van der Waals surface area contributed by atoms with E-state index in [0.717, 1.165) is 17.4 Å². The van der Waals surface area contributed by atoms with Crippen LogP contribution >= 0.6 is 0 Å². The van der Waals surface area contributed by atoms with E-state index < -0.39 is 0 Å². The third-order valence-corrected chi connectivity index (χ3v) is 5.39. The van der Waals surface area contributed by atoms with Gasteiger partial charge in [0.1, 0.15) is 0 Å². The summed E-state index contributed by atoms with van der Waals surface area (Å²) in [6.45, 7) is 4.85. The van der Waals surface area contributed by atoms with Crippen LogP contribution in [0, 0.1) is 11.8 Å². The minimum atomic E-state index is 1.04. The maximum atomic E-state index is 2.42. The van der Waals surface area contributed by atoms with Crippen molar-refractivity contribution < 1.29 is 0 Å². The van der Waals surface area contributed by atoms with Gasteiger partial charge >= 0.3 is 0 Å². The molecule has 0 amide bonds. The summed E-state index contributed by atoms with van der Waals surface area (Å²) in [5.41, 5.74) is 1.11. The fourth-order valence-electron chi connectivity index (χ4n) is 1.85. The second-order valence-corrected chi connectivity index (χ2v) is 5.08. The normalized spacial score (nSPS) is 45.3. The van der Waals surface area contributed by atoms with E-state index in [2.05, 4.69) is 13.8 Å². The molecule has 1 saturated carbocycles. The third-order valence-electron chi connectivity index (χ3n) is 3.11. The molecule has 1 rings (SSSR count). The predicted molar refractivity (Wildman–Crippen MR) is 45.9 cm³/mol. The zero-order valence-electron chi connectivity index (χ0n) is 6.85. The van der Waals surface area contributed by atoms with Crippen LogP contribution in [-0.2, 0) is 0 Å². The third kappa shape index (κ3) is 1.57. The van der Waals surface area contributed by atoms with Crippen LogP contribution in [0.4, 0.5) is 0 Å². The Hall–Kier alpha value is 0.217. The van der Waals surface area contributed by atoms with Gasteiger partial charge in [0.25, 0.3) is 0 Å². The van der Waals surface area contributed by atoms with Crippen LogP contribution in [0.1, 0.15) is 33.1 Å². The van der Waals surface area contributed by atoms with Gasteiger partial charge in [0.05, 0.1) is 0 Å². The highest BCUT2D eigenvalue weighted by atomic mass is 28.1. The highest BCUT2D eigenvalue weighted by molar-refractivity contribution is 6.12. The van der Waals surface area contributed by atoms with Crippen molar-refractivity contribution in [3.8, 4) is 0 Å². The number of hydrogen-bond donors (Lipinski definition) is 0. The highest BCUT2D eigenvalue weighted by Gasteiger charge is 2.22. The second kappa shape index (κ2) is 2.87. The first-order valence-corrected chi connectivity index (χ1v) is 5.37. The minimum Gasteiger partial charge on any atom is -0.0625 e. The summed E-state index contributed by atoms with van der Waals surface area (Å²) in [5, 5.41) is 0. The molecule has 9 heavy (non-hydrogen) atoms. The Morgan fingerprint density at radius 1 is 1.11 bits per heavy atom. The lowest BCUT2D eigenvalue weighted by Crippen LogP contribution is -2.19. The van der Waals surface area contributed by atoms with E-state index in [-0.39, 0.29) is 0 Å². The molecule has 1 fully saturated rings. The van der Waals surface area contributed by atoms with Crippen LogP contribution in [0.5, 0.6) is 0 Å². The first kappa shape index (κ1) is 7.33. The molecule has 0 spiro atoms. The topological polar surface area (TPSA) is 0 Å². The summed E-state index contributed by atoms with van der Waals surface area (Å²) in [6, 6.07) is 0. The first-order valence-electron chi connectivity index (χ1n) is 4.22. The van der Waals surface area contributed by atoms with E-state index in [0.29, 0.717) is 0 Å². The van der Waals surface area contributed by atoms with Crippen LogP contribution in [-0.4, -0.2) is 10.2 Å². The lowest BCUT2D eigenvalue weighted by molar-refractivity contribution is 0.302. The first-order chi connectivity index (χ1) is 4.22. The van der Waals surface area contributed by atoms with Gasteiger partial charge in [-0.2, -0.15) is 0 Å². The quantitative estimate of drug-likeness (QED) is 0.451. The van der Waals surface area contributed by atoms with E-state index >= 15 is 0 Å². The number of hydrogen-bond acceptors (Lipinski definition) is 0.